The molecule has 0 radical (unpaired) electrons. The molecule has 5 nitrogen and oxygen atoms in total. The molecule has 1 N–H and O–H groups in total. The van der Waals surface area contributed by atoms with E-state index in [4.69, 9.17) is 4.74 Å². The molecule has 1 aliphatic heterocycles. The van der Waals surface area contributed by atoms with Crippen LogP contribution in [0.4, 0.5) is 5.69 Å². The van der Waals surface area contributed by atoms with Crippen LogP contribution in [-0.2, 0) is 4.79 Å². The summed E-state index contributed by atoms with van der Waals surface area (Å²) < 4.78 is 5.25. The number of hydrogen-bond acceptors (Lipinski definition) is 5. The number of amides is 1. The fourth-order valence-corrected chi connectivity index (χ4v) is 2.76. The average molecular weight is 311 g/mol. The summed E-state index contributed by atoms with van der Waals surface area (Å²) in [6.07, 6.45) is 5.19. The molecule has 1 saturated heterocycles. The lowest BCUT2D eigenvalue weighted by Crippen LogP contribution is -2.19. The maximum atomic E-state index is 12.0. The first kappa shape index (κ1) is 14.3. The van der Waals surface area contributed by atoms with Crippen molar-refractivity contribution >= 4 is 34.6 Å². The third kappa shape index (κ3) is 3.17. The van der Waals surface area contributed by atoms with Gasteiger partial charge in [-0.25, -0.2) is 4.99 Å². The number of amidine groups is 1. The van der Waals surface area contributed by atoms with E-state index in [0.29, 0.717) is 21.5 Å². The topological polar surface area (TPSA) is 63.6 Å². The fraction of sp³-hybridized carbons (Fsp3) is 0.0625. The van der Waals surface area contributed by atoms with Crippen molar-refractivity contribution < 1.29 is 9.53 Å². The van der Waals surface area contributed by atoms with E-state index in [9.17, 15) is 4.79 Å². The minimum absolute atomic E-state index is 0.164. The molecule has 0 atom stereocenters. The average Bonchev–Trinajstić information content (AvgIpc) is 2.88. The zero-order chi connectivity index (χ0) is 15.4. The molecule has 22 heavy (non-hydrogen) atoms. The number of ether oxygens (including phenoxy) is 1. The zero-order valence-electron chi connectivity index (χ0n) is 11.8. The number of pyridine rings is 1. The quantitative estimate of drug-likeness (QED) is 0.885. The van der Waals surface area contributed by atoms with Crippen molar-refractivity contribution in [2.45, 2.75) is 0 Å². The van der Waals surface area contributed by atoms with Crippen LogP contribution in [0.15, 0.2) is 58.7 Å². The number of benzene rings is 1. The number of nitrogens with one attached hydrogen (secondary N) is 1. The van der Waals surface area contributed by atoms with Gasteiger partial charge in [-0.05, 0) is 41.6 Å². The van der Waals surface area contributed by atoms with Crippen molar-refractivity contribution in [2.24, 2.45) is 4.99 Å². The lowest BCUT2D eigenvalue weighted by Gasteiger charge is -2.03. The Morgan fingerprint density at radius 3 is 2.91 bits per heavy atom. The Morgan fingerprint density at radius 2 is 2.14 bits per heavy atom. The standard InChI is InChI=1S/C16H13N3O2S/c1-21-13-7-3-2-6-12(13)18-16-19-15(20)14(22-16)9-11-5-4-8-17-10-11/h2-10H,1H3,(H,18,19,20). The first-order chi connectivity index (χ1) is 10.8. The summed E-state index contributed by atoms with van der Waals surface area (Å²) in [7, 11) is 1.59. The largest absolute Gasteiger partial charge is 0.494 e. The van der Waals surface area contributed by atoms with Crippen LogP contribution in [0.5, 0.6) is 5.75 Å². The summed E-state index contributed by atoms with van der Waals surface area (Å²) in [5.41, 5.74) is 1.55. The van der Waals surface area contributed by atoms with Crippen LogP contribution in [0.2, 0.25) is 0 Å². The van der Waals surface area contributed by atoms with Crippen LogP contribution in [0.1, 0.15) is 5.56 Å². The summed E-state index contributed by atoms with van der Waals surface area (Å²) in [6.45, 7) is 0. The van der Waals surface area contributed by atoms with E-state index < -0.39 is 0 Å². The SMILES string of the molecule is COc1ccccc1N=C1NC(=O)C(=Cc2cccnc2)S1. The number of nitrogens with zero attached hydrogens (tertiary/aromatic N) is 2. The number of carbonyl (C=O) groups is 1. The van der Waals surface area contributed by atoms with Crippen LogP contribution in [0.25, 0.3) is 6.08 Å². The summed E-state index contributed by atoms with van der Waals surface area (Å²) in [5, 5.41) is 3.29. The predicted octanol–water partition coefficient (Wildman–Crippen LogP) is 2.98. The highest BCUT2D eigenvalue weighted by atomic mass is 32.2. The third-order valence-electron chi connectivity index (χ3n) is 2.94. The summed E-state index contributed by atoms with van der Waals surface area (Å²) in [6, 6.07) is 11.1. The first-order valence-corrected chi connectivity index (χ1v) is 7.40. The van der Waals surface area contributed by atoms with E-state index in [1.54, 1.807) is 25.6 Å². The second-order valence-electron chi connectivity index (χ2n) is 4.44. The molecule has 0 aliphatic carbocycles. The van der Waals surface area contributed by atoms with Gasteiger partial charge in [0.15, 0.2) is 5.17 Å². The van der Waals surface area contributed by atoms with Gasteiger partial charge in [-0.1, -0.05) is 18.2 Å². The van der Waals surface area contributed by atoms with Gasteiger partial charge in [0.05, 0.1) is 12.0 Å². The molecule has 1 amide bonds. The number of para-hydroxylation sites is 2. The maximum Gasteiger partial charge on any atom is 0.264 e. The molecule has 0 unspecified atom stereocenters. The summed E-state index contributed by atoms with van der Waals surface area (Å²) >= 11 is 1.29. The van der Waals surface area contributed by atoms with E-state index >= 15 is 0 Å². The molecule has 1 aromatic heterocycles. The van der Waals surface area contributed by atoms with Crippen molar-refractivity contribution in [1.82, 2.24) is 10.3 Å². The summed E-state index contributed by atoms with van der Waals surface area (Å²) in [4.78, 5) is 21.1. The highest BCUT2D eigenvalue weighted by Crippen LogP contribution is 2.31. The number of hydrogen-bond donors (Lipinski definition) is 1. The van der Waals surface area contributed by atoms with Gasteiger partial charge >= 0.3 is 0 Å². The van der Waals surface area contributed by atoms with E-state index in [1.807, 2.05) is 36.4 Å². The molecule has 110 valence electrons. The number of carbonyl (C=O) groups excluding carboxylic acids is 1. The second kappa shape index (κ2) is 6.44. The number of aliphatic imine (C=N–C) groups is 1. The van der Waals surface area contributed by atoms with Crippen LogP contribution < -0.4 is 10.1 Å². The van der Waals surface area contributed by atoms with Gasteiger partial charge < -0.3 is 10.1 Å². The summed E-state index contributed by atoms with van der Waals surface area (Å²) in [5.74, 6) is 0.497. The first-order valence-electron chi connectivity index (χ1n) is 6.59. The lowest BCUT2D eigenvalue weighted by molar-refractivity contribution is -0.115. The van der Waals surface area contributed by atoms with Gasteiger partial charge in [0, 0.05) is 12.4 Å². The number of thioether (sulfide) groups is 1. The van der Waals surface area contributed by atoms with Crippen molar-refractivity contribution in [1.29, 1.82) is 0 Å². The highest BCUT2D eigenvalue weighted by molar-refractivity contribution is 8.18. The molecule has 1 aliphatic rings. The van der Waals surface area contributed by atoms with Crippen molar-refractivity contribution in [3.8, 4) is 5.75 Å². The molecule has 0 spiro atoms. The third-order valence-corrected chi connectivity index (χ3v) is 3.85. The zero-order valence-corrected chi connectivity index (χ0v) is 12.6. The van der Waals surface area contributed by atoms with Crippen molar-refractivity contribution in [2.75, 3.05) is 7.11 Å². The van der Waals surface area contributed by atoms with Gasteiger partial charge in [-0.2, -0.15) is 0 Å². The highest BCUT2D eigenvalue weighted by Gasteiger charge is 2.24. The minimum atomic E-state index is -0.164. The Morgan fingerprint density at radius 1 is 1.27 bits per heavy atom. The van der Waals surface area contributed by atoms with E-state index in [-0.39, 0.29) is 5.91 Å². The fourth-order valence-electron chi connectivity index (χ4n) is 1.92. The molecular weight excluding hydrogens is 298 g/mol. The van der Waals surface area contributed by atoms with Crippen molar-refractivity contribution in [3.63, 3.8) is 0 Å². The molecule has 6 heteroatoms. The van der Waals surface area contributed by atoms with Gasteiger partial charge in [0.2, 0.25) is 0 Å². The Labute approximate surface area is 132 Å². The number of rotatable bonds is 3. The van der Waals surface area contributed by atoms with Crippen LogP contribution in [-0.4, -0.2) is 23.2 Å². The van der Waals surface area contributed by atoms with Gasteiger partial charge in [-0.3, -0.25) is 9.78 Å². The second-order valence-corrected chi connectivity index (χ2v) is 5.47. The maximum absolute atomic E-state index is 12.0. The van der Waals surface area contributed by atoms with E-state index in [1.165, 1.54) is 11.8 Å². The molecule has 1 aromatic carbocycles. The van der Waals surface area contributed by atoms with Gasteiger partial charge in [0.1, 0.15) is 11.4 Å². The number of methoxy groups -OCH3 is 1. The van der Waals surface area contributed by atoms with E-state index in [2.05, 4.69) is 15.3 Å². The molecule has 3 rings (SSSR count). The Kier molecular flexibility index (Phi) is 4.20. The predicted molar refractivity (Wildman–Crippen MR) is 88.0 cm³/mol. The molecule has 1 fully saturated rings. The Bertz CT molecular complexity index is 757. The normalized spacial score (nSPS) is 17.8. The Balaban J connectivity index is 1.85. The molecule has 2 heterocycles. The Hall–Kier alpha value is -2.60. The van der Waals surface area contributed by atoms with E-state index in [0.717, 1.165) is 5.56 Å². The van der Waals surface area contributed by atoms with Gasteiger partial charge in [0.25, 0.3) is 5.91 Å². The molecule has 0 saturated carbocycles. The number of aromatic nitrogens is 1. The molecule has 2 aromatic rings. The van der Waals surface area contributed by atoms with Crippen LogP contribution in [0.3, 0.4) is 0 Å². The molecular formula is C16H13N3O2S. The van der Waals surface area contributed by atoms with Gasteiger partial charge in [-0.15, -0.1) is 0 Å². The van der Waals surface area contributed by atoms with Crippen molar-refractivity contribution in [3.05, 3.63) is 59.3 Å². The monoisotopic (exact) mass is 311 g/mol. The molecule has 0 bridgehead atoms. The van der Waals surface area contributed by atoms with Crippen LogP contribution >= 0.6 is 11.8 Å². The smallest absolute Gasteiger partial charge is 0.264 e. The lowest BCUT2D eigenvalue weighted by atomic mass is 10.2. The minimum Gasteiger partial charge on any atom is -0.494 e. The van der Waals surface area contributed by atoms with Crippen LogP contribution in [0, 0.1) is 0 Å².